The topological polar surface area (TPSA) is 46.5 Å². The molecule has 0 saturated heterocycles. The average Bonchev–Trinajstić information content (AvgIpc) is 2.50. The monoisotopic (exact) mass is 314 g/mol. The van der Waals surface area contributed by atoms with Crippen LogP contribution in [0.1, 0.15) is 31.9 Å². The molecule has 1 atom stereocenters. The van der Waals surface area contributed by atoms with Gasteiger partial charge in [0.15, 0.2) is 6.10 Å². The number of rotatable bonds is 7. The maximum absolute atomic E-state index is 11.8. The number of carbonyl (C=O) groups excluding carboxylic acids is 1. The van der Waals surface area contributed by atoms with Crippen LogP contribution in [0, 0.1) is 0 Å². The van der Waals surface area contributed by atoms with Gasteiger partial charge in [-0.15, -0.1) is 0 Å². The van der Waals surface area contributed by atoms with Crippen LogP contribution in [0.2, 0.25) is 0 Å². The third kappa shape index (κ3) is 6.25. The molecule has 1 unspecified atom stereocenters. The Balaban J connectivity index is 2.60. The summed E-state index contributed by atoms with van der Waals surface area (Å²) in [7, 11) is 0. The number of allylic oxidation sites excluding steroid dienone is 2. The summed E-state index contributed by atoms with van der Waals surface area (Å²) in [6.45, 7) is 13.7. The van der Waals surface area contributed by atoms with E-state index >= 15 is 0 Å². The van der Waals surface area contributed by atoms with Crippen LogP contribution in [0.25, 0.3) is 0 Å². The van der Waals surface area contributed by atoms with Crippen LogP contribution in [0.5, 0.6) is 0 Å². The molecule has 3 heteroatoms. The average molecular weight is 314 g/mol. The number of esters is 1. The second kappa shape index (κ2) is 8.49. The number of hydrogen-bond donors (Lipinski definition) is 1. The number of hydrogen-bond acceptors (Lipinski definition) is 3. The Labute approximate surface area is 139 Å². The first kappa shape index (κ1) is 18.9. The molecule has 0 heterocycles. The molecule has 124 valence electrons. The smallest absolute Gasteiger partial charge is 0.335 e. The first-order valence-corrected chi connectivity index (χ1v) is 7.66. The van der Waals surface area contributed by atoms with Crippen LogP contribution >= 0.6 is 0 Å². The highest BCUT2D eigenvalue weighted by Crippen LogP contribution is 2.22. The van der Waals surface area contributed by atoms with Crippen molar-refractivity contribution in [3.63, 3.8) is 0 Å². The van der Waals surface area contributed by atoms with Crippen LogP contribution in [-0.4, -0.2) is 23.8 Å². The minimum absolute atomic E-state index is 0.0778. The minimum Gasteiger partial charge on any atom is -0.459 e. The van der Waals surface area contributed by atoms with Crippen molar-refractivity contribution in [3.8, 4) is 0 Å². The Morgan fingerprint density at radius 2 is 1.87 bits per heavy atom. The Morgan fingerprint density at radius 3 is 2.35 bits per heavy atom. The second-order valence-corrected chi connectivity index (χ2v) is 6.46. The second-order valence-electron chi connectivity index (χ2n) is 6.46. The summed E-state index contributed by atoms with van der Waals surface area (Å²) in [4.78, 5) is 11.8. The zero-order chi connectivity index (χ0) is 17.5. The molecule has 0 aliphatic rings. The maximum Gasteiger partial charge on any atom is 0.335 e. The third-order valence-electron chi connectivity index (χ3n) is 3.50. The molecule has 3 nitrogen and oxygen atoms in total. The lowest BCUT2D eigenvalue weighted by molar-refractivity contribution is -0.152. The molecule has 0 aromatic heterocycles. The summed E-state index contributed by atoms with van der Waals surface area (Å²) in [6.07, 6.45) is 3.95. The van der Waals surface area contributed by atoms with Gasteiger partial charge in [0.05, 0.1) is 0 Å². The standard InChI is InChI=1S/C20H26O3/c1-6-8-15(7-2)14-23-19(22)18(21)13-16-9-11-17(12-10-16)20(3,4)5/h6-12,18,21H,1-2,13-14H2,3-5H3/b15-8+. The number of carbonyl (C=O) groups is 1. The molecule has 1 rings (SSSR count). The number of benzene rings is 1. The van der Waals surface area contributed by atoms with Gasteiger partial charge >= 0.3 is 5.97 Å². The third-order valence-corrected chi connectivity index (χ3v) is 3.50. The Hall–Kier alpha value is -2.13. The van der Waals surface area contributed by atoms with Gasteiger partial charge in [-0.3, -0.25) is 0 Å². The van der Waals surface area contributed by atoms with Crippen LogP contribution < -0.4 is 0 Å². The molecular weight excluding hydrogens is 288 g/mol. The quantitative estimate of drug-likeness (QED) is 0.616. The maximum atomic E-state index is 11.8. The lowest BCUT2D eigenvalue weighted by Gasteiger charge is -2.19. The molecule has 1 aromatic carbocycles. The van der Waals surface area contributed by atoms with E-state index in [1.54, 1.807) is 18.2 Å². The fourth-order valence-corrected chi connectivity index (χ4v) is 2.02. The van der Waals surface area contributed by atoms with E-state index in [1.165, 1.54) is 5.56 Å². The van der Waals surface area contributed by atoms with E-state index in [9.17, 15) is 9.90 Å². The summed E-state index contributed by atoms with van der Waals surface area (Å²) in [5, 5.41) is 9.98. The van der Waals surface area contributed by atoms with Crippen molar-refractivity contribution in [1.29, 1.82) is 0 Å². The molecule has 0 amide bonds. The van der Waals surface area contributed by atoms with E-state index in [0.717, 1.165) is 11.1 Å². The number of aliphatic hydroxyl groups is 1. The van der Waals surface area contributed by atoms with E-state index in [1.807, 2.05) is 24.3 Å². The van der Waals surface area contributed by atoms with Crippen LogP contribution in [0.15, 0.2) is 61.2 Å². The highest BCUT2D eigenvalue weighted by molar-refractivity contribution is 5.75. The molecule has 0 saturated carbocycles. The van der Waals surface area contributed by atoms with Crippen molar-refractivity contribution in [2.75, 3.05) is 6.61 Å². The molecule has 1 N–H and O–H groups in total. The van der Waals surface area contributed by atoms with Crippen LogP contribution in [-0.2, 0) is 21.4 Å². The molecule has 0 radical (unpaired) electrons. The molecule has 0 spiro atoms. The predicted octanol–water partition coefficient (Wildman–Crippen LogP) is 3.73. The van der Waals surface area contributed by atoms with Crippen LogP contribution in [0.4, 0.5) is 0 Å². The van der Waals surface area contributed by atoms with Gasteiger partial charge in [-0.2, -0.15) is 0 Å². The van der Waals surface area contributed by atoms with E-state index in [2.05, 4.69) is 33.9 Å². The fourth-order valence-electron chi connectivity index (χ4n) is 2.02. The first-order valence-electron chi connectivity index (χ1n) is 7.66. The van der Waals surface area contributed by atoms with Crippen molar-refractivity contribution in [2.24, 2.45) is 0 Å². The molecule has 0 fully saturated rings. The summed E-state index contributed by atoms with van der Waals surface area (Å²) in [6, 6.07) is 7.92. The lowest BCUT2D eigenvalue weighted by atomic mass is 9.86. The van der Waals surface area contributed by atoms with E-state index in [-0.39, 0.29) is 18.4 Å². The lowest BCUT2D eigenvalue weighted by Crippen LogP contribution is -2.26. The molecule has 0 aliphatic carbocycles. The fraction of sp³-hybridized carbons (Fsp3) is 0.350. The van der Waals surface area contributed by atoms with Gasteiger partial charge in [0, 0.05) is 6.42 Å². The number of aliphatic hydroxyl groups excluding tert-OH is 1. The Kier molecular flexibility index (Phi) is 6.98. The van der Waals surface area contributed by atoms with Crippen molar-refractivity contribution in [3.05, 3.63) is 72.4 Å². The SMILES string of the molecule is C=C/C=C(\C=C)COC(=O)C(O)Cc1ccc(C(C)(C)C)cc1. The van der Waals surface area contributed by atoms with Gasteiger partial charge in [0.2, 0.25) is 0 Å². The minimum atomic E-state index is -1.18. The first-order chi connectivity index (χ1) is 10.8. The van der Waals surface area contributed by atoms with Gasteiger partial charge in [0.1, 0.15) is 6.61 Å². The van der Waals surface area contributed by atoms with Gasteiger partial charge in [0.25, 0.3) is 0 Å². The zero-order valence-corrected chi connectivity index (χ0v) is 14.2. The van der Waals surface area contributed by atoms with Crippen molar-refractivity contribution < 1.29 is 14.6 Å². The molecule has 23 heavy (non-hydrogen) atoms. The predicted molar refractivity (Wildman–Crippen MR) is 94.3 cm³/mol. The summed E-state index contributed by atoms with van der Waals surface area (Å²) < 4.78 is 5.08. The van der Waals surface area contributed by atoms with Gasteiger partial charge in [-0.05, 0) is 22.1 Å². The van der Waals surface area contributed by atoms with E-state index in [4.69, 9.17) is 4.74 Å². The van der Waals surface area contributed by atoms with Crippen molar-refractivity contribution >= 4 is 5.97 Å². The Morgan fingerprint density at radius 1 is 1.26 bits per heavy atom. The van der Waals surface area contributed by atoms with Crippen molar-refractivity contribution in [2.45, 2.75) is 38.7 Å². The van der Waals surface area contributed by atoms with Crippen LogP contribution in [0.3, 0.4) is 0 Å². The summed E-state index contributed by atoms with van der Waals surface area (Å²) >= 11 is 0. The molecule has 0 aliphatic heterocycles. The van der Waals surface area contributed by atoms with Gasteiger partial charge < -0.3 is 9.84 Å². The number of ether oxygens (including phenoxy) is 1. The highest BCUT2D eigenvalue weighted by Gasteiger charge is 2.18. The van der Waals surface area contributed by atoms with E-state index in [0.29, 0.717) is 0 Å². The molecule has 0 bridgehead atoms. The zero-order valence-electron chi connectivity index (χ0n) is 14.2. The molecular formula is C20H26O3. The molecule has 1 aromatic rings. The van der Waals surface area contributed by atoms with Gasteiger partial charge in [-0.25, -0.2) is 4.79 Å². The highest BCUT2D eigenvalue weighted by atomic mass is 16.5. The van der Waals surface area contributed by atoms with E-state index < -0.39 is 12.1 Å². The Bertz CT molecular complexity index is 574. The van der Waals surface area contributed by atoms with Gasteiger partial charge in [-0.1, -0.05) is 76.4 Å². The summed E-state index contributed by atoms with van der Waals surface area (Å²) in [5.41, 5.74) is 2.92. The van der Waals surface area contributed by atoms with Crippen molar-refractivity contribution in [1.82, 2.24) is 0 Å². The summed E-state index contributed by atoms with van der Waals surface area (Å²) in [5.74, 6) is -0.637. The largest absolute Gasteiger partial charge is 0.459 e. The normalized spacial score (nSPS) is 13.3.